The second-order valence-corrected chi connectivity index (χ2v) is 5.09. The summed E-state index contributed by atoms with van der Waals surface area (Å²) in [6.45, 7) is 2.94. The second-order valence-electron chi connectivity index (χ2n) is 4.62. The molecule has 4 heteroatoms. The van der Waals surface area contributed by atoms with Crippen molar-refractivity contribution in [1.82, 2.24) is 4.90 Å². The van der Waals surface area contributed by atoms with Crippen LogP contribution in [0.5, 0.6) is 5.75 Å². The van der Waals surface area contributed by atoms with E-state index < -0.39 is 0 Å². The zero-order chi connectivity index (χ0) is 12.3. The highest BCUT2D eigenvalue weighted by atomic mass is 32.1. The molecule has 2 rings (SSSR count). The van der Waals surface area contributed by atoms with Crippen molar-refractivity contribution >= 4 is 17.2 Å². The summed E-state index contributed by atoms with van der Waals surface area (Å²) in [6, 6.07) is 7.44. The van der Waals surface area contributed by atoms with E-state index in [0.717, 1.165) is 38.0 Å². The Bertz CT molecular complexity index is 400. The van der Waals surface area contributed by atoms with E-state index in [0.29, 0.717) is 16.7 Å². The van der Waals surface area contributed by atoms with Crippen LogP contribution in [-0.4, -0.2) is 28.1 Å². The van der Waals surface area contributed by atoms with Gasteiger partial charge in [-0.25, -0.2) is 0 Å². The number of likely N-dealkylation sites (tertiary alicyclic amines) is 1. The molecule has 0 saturated carbocycles. The molecule has 1 heterocycles. The van der Waals surface area contributed by atoms with Crippen LogP contribution < -0.4 is 5.73 Å². The van der Waals surface area contributed by atoms with Crippen LogP contribution in [0.4, 0.5) is 0 Å². The number of hydrogen-bond acceptors (Lipinski definition) is 3. The minimum absolute atomic E-state index is 0.334. The molecular weight excluding hydrogens is 232 g/mol. The molecule has 0 atom stereocenters. The summed E-state index contributed by atoms with van der Waals surface area (Å²) >= 11 is 5.03. The summed E-state index contributed by atoms with van der Waals surface area (Å²) in [7, 11) is 0. The van der Waals surface area contributed by atoms with Gasteiger partial charge in [-0.05, 0) is 43.6 Å². The third-order valence-electron chi connectivity index (χ3n) is 3.31. The minimum atomic E-state index is 0.334. The first kappa shape index (κ1) is 12.3. The van der Waals surface area contributed by atoms with Crippen molar-refractivity contribution < 1.29 is 5.11 Å². The molecule has 0 amide bonds. The van der Waals surface area contributed by atoms with Crippen molar-refractivity contribution in [2.75, 3.05) is 13.1 Å². The predicted molar refractivity (Wildman–Crippen MR) is 72.9 cm³/mol. The highest BCUT2D eigenvalue weighted by Gasteiger charge is 2.20. The molecule has 0 unspecified atom stereocenters. The van der Waals surface area contributed by atoms with Gasteiger partial charge in [-0.1, -0.05) is 24.4 Å². The van der Waals surface area contributed by atoms with Crippen LogP contribution in [0.2, 0.25) is 0 Å². The van der Waals surface area contributed by atoms with Crippen molar-refractivity contribution in [2.45, 2.75) is 19.4 Å². The summed E-state index contributed by atoms with van der Waals surface area (Å²) in [5.74, 6) is 0.742. The van der Waals surface area contributed by atoms with Gasteiger partial charge >= 0.3 is 0 Å². The highest BCUT2D eigenvalue weighted by molar-refractivity contribution is 7.80. The molecule has 0 spiro atoms. The summed E-state index contributed by atoms with van der Waals surface area (Å²) in [6.07, 6.45) is 2.10. The number of nitrogens with zero attached hydrogens (tertiary/aromatic N) is 1. The Morgan fingerprint density at radius 1 is 1.41 bits per heavy atom. The van der Waals surface area contributed by atoms with E-state index in [1.807, 2.05) is 18.2 Å². The molecule has 17 heavy (non-hydrogen) atoms. The van der Waals surface area contributed by atoms with E-state index in [-0.39, 0.29) is 0 Å². The topological polar surface area (TPSA) is 49.5 Å². The first-order valence-corrected chi connectivity index (χ1v) is 6.35. The van der Waals surface area contributed by atoms with Crippen LogP contribution in [0, 0.1) is 5.92 Å². The number of rotatable bonds is 3. The summed E-state index contributed by atoms with van der Waals surface area (Å²) in [5, 5.41) is 9.41. The van der Waals surface area contributed by atoms with Gasteiger partial charge in [0, 0.05) is 12.5 Å². The Kier molecular flexibility index (Phi) is 3.97. The fraction of sp³-hybridized carbons (Fsp3) is 0.462. The second kappa shape index (κ2) is 5.47. The summed E-state index contributed by atoms with van der Waals surface area (Å²) < 4.78 is 0. The molecule has 1 aromatic rings. The van der Waals surface area contributed by atoms with Crippen molar-refractivity contribution in [2.24, 2.45) is 11.7 Å². The van der Waals surface area contributed by atoms with E-state index in [4.69, 9.17) is 18.0 Å². The maximum absolute atomic E-state index is 9.41. The number of nitrogens with two attached hydrogens (primary N) is 1. The lowest BCUT2D eigenvalue weighted by molar-refractivity contribution is 0.202. The largest absolute Gasteiger partial charge is 0.508 e. The zero-order valence-corrected chi connectivity index (χ0v) is 10.6. The number of hydrogen-bond donors (Lipinski definition) is 2. The third kappa shape index (κ3) is 3.41. The Morgan fingerprint density at radius 2 is 2.12 bits per heavy atom. The van der Waals surface area contributed by atoms with Crippen LogP contribution in [0.25, 0.3) is 0 Å². The van der Waals surface area contributed by atoms with Gasteiger partial charge < -0.3 is 10.8 Å². The lowest BCUT2D eigenvalue weighted by Crippen LogP contribution is -2.37. The number of phenols is 1. The Hall–Kier alpha value is -1.13. The maximum atomic E-state index is 9.41. The predicted octanol–water partition coefficient (Wildman–Crippen LogP) is 1.89. The van der Waals surface area contributed by atoms with Crippen LogP contribution in [-0.2, 0) is 6.54 Å². The molecule has 1 saturated heterocycles. The number of benzene rings is 1. The van der Waals surface area contributed by atoms with E-state index in [1.165, 1.54) is 0 Å². The van der Waals surface area contributed by atoms with E-state index >= 15 is 0 Å². The Morgan fingerprint density at radius 3 is 2.71 bits per heavy atom. The SMILES string of the molecule is NC(=S)C1CCN(Cc2cccc(O)c2)CC1. The van der Waals surface area contributed by atoms with Crippen LogP contribution >= 0.6 is 12.2 Å². The maximum Gasteiger partial charge on any atom is 0.115 e. The highest BCUT2D eigenvalue weighted by Crippen LogP contribution is 2.20. The Balaban J connectivity index is 1.88. The van der Waals surface area contributed by atoms with Crippen molar-refractivity contribution in [3.05, 3.63) is 29.8 Å². The Labute approximate surface area is 107 Å². The van der Waals surface area contributed by atoms with Crippen molar-refractivity contribution in [3.63, 3.8) is 0 Å². The number of thiocarbonyl (C=S) groups is 1. The first-order valence-electron chi connectivity index (χ1n) is 5.95. The monoisotopic (exact) mass is 250 g/mol. The lowest BCUT2D eigenvalue weighted by Gasteiger charge is -2.31. The normalized spacial score (nSPS) is 18.1. The molecule has 1 fully saturated rings. The van der Waals surface area contributed by atoms with Crippen LogP contribution in [0.3, 0.4) is 0 Å². The molecule has 0 bridgehead atoms. The van der Waals surface area contributed by atoms with Gasteiger partial charge in [-0.3, -0.25) is 4.90 Å². The average molecular weight is 250 g/mol. The van der Waals surface area contributed by atoms with Gasteiger partial charge in [0.25, 0.3) is 0 Å². The summed E-state index contributed by atoms with van der Waals surface area (Å²) in [4.78, 5) is 3.03. The third-order valence-corrected chi connectivity index (χ3v) is 3.64. The number of phenolic OH excluding ortho intramolecular Hbond substituents is 1. The first-order chi connectivity index (χ1) is 8.15. The average Bonchev–Trinajstić information content (AvgIpc) is 2.29. The van der Waals surface area contributed by atoms with Gasteiger partial charge in [0.1, 0.15) is 5.75 Å². The zero-order valence-electron chi connectivity index (χ0n) is 9.80. The van der Waals surface area contributed by atoms with Gasteiger partial charge in [0.15, 0.2) is 0 Å². The van der Waals surface area contributed by atoms with Gasteiger partial charge in [0.2, 0.25) is 0 Å². The number of aromatic hydroxyl groups is 1. The molecule has 1 aliphatic rings. The molecule has 1 aromatic carbocycles. The quantitative estimate of drug-likeness (QED) is 0.804. The van der Waals surface area contributed by atoms with Gasteiger partial charge in [0.05, 0.1) is 4.99 Å². The molecule has 92 valence electrons. The van der Waals surface area contributed by atoms with Crippen molar-refractivity contribution in [1.29, 1.82) is 0 Å². The molecule has 0 aromatic heterocycles. The van der Waals surface area contributed by atoms with Gasteiger partial charge in [-0.2, -0.15) is 0 Å². The van der Waals surface area contributed by atoms with Crippen LogP contribution in [0.15, 0.2) is 24.3 Å². The lowest BCUT2D eigenvalue weighted by atomic mass is 9.96. The van der Waals surface area contributed by atoms with Gasteiger partial charge in [-0.15, -0.1) is 0 Å². The number of piperidine rings is 1. The van der Waals surface area contributed by atoms with E-state index in [2.05, 4.69) is 4.90 Å². The summed E-state index contributed by atoms with van der Waals surface area (Å²) in [5.41, 5.74) is 6.82. The smallest absolute Gasteiger partial charge is 0.115 e. The van der Waals surface area contributed by atoms with E-state index in [1.54, 1.807) is 6.07 Å². The molecule has 3 N–H and O–H groups in total. The van der Waals surface area contributed by atoms with E-state index in [9.17, 15) is 5.11 Å². The molecule has 0 aliphatic carbocycles. The standard InChI is InChI=1S/C13H18N2OS/c14-13(17)11-4-6-15(7-5-11)9-10-2-1-3-12(16)8-10/h1-3,8,11,16H,4-7,9H2,(H2,14,17). The molecular formula is C13H18N2OS. The fourth-order valence-corrected chi connectivity index (χ4v) is 2.52. The van der Waals surface area contributed by atoms with Crippen LogP contribution in [0.1, 0.15) is 18.4 Å². The molecule has 0 radical (unpaired) electrons. The minimum Gasteiger partial charge on any atom is -0.508 e. The van der Waals surface area contributed by atoms with Crippen molar-refractivity contribution in [3.8, 4) is 5.75 Å². The molecule has 1 aliphatic heterocycles. The molecule has 3 nitrogen and oxygen atoms in total. The fourth-order valence-electron chi connectivity index (χ4n) is 2.29.